The van der Waals surface area contributed by atoms with Gasteiger partial charge in [-0.2, -0.15) is 0 Å². The van der Waals surface area contributed by atoms with Gasteiger partial charge in [-0.05, 0) is 37.1 Å². The van der Waals surface area contributed by atoms with Gasteiger partial charge in [-0.1, -0.05) is 6.07 Å². The van der Waals surface area contributed by atoms with Gasteiger partial charge in [0.15, 0.2) is 17.2 Å². The summed E-state index contributed by atoms with van der Waals surface area (Å²) >= 11 is 0. The monoisotopic (exact) mass is 374 g/mol. The van der Waals surface area contributed by atoms with Crippen LogP contribution in [0.25, 0.3) is 16.9 Å². The molecule has 8 heteroatoms. The molecule has 4 rings (SSSR count). The Labute approximate surface area is 161 Å². The quantitative estimate of drug-likeness (QED) is 0.553. The van der Waals surface area contributed by atoms with Gasteiger partial charge in [-0.15, -0.1) is 0 Å². The summed E-state index contributed by atoms with van der Waals surface area (Å²) in [4.78, 5) is 28.5. The lowest BCUT2D eigenvalue weighted by Crippen LogP contribution is -2.06. The van der Waals surface area contributed by atoms with Crippen molar-refractivity contribution in [1.82, 2.24) is 24.3 Å². The number of nitrogens with zero attached hydrogens (tertiary/aromatic N) is 5. The first-order valence-electron chi connectivity index (χ1n) is 8.70. The molecular weight excluding hydrogens is 356 g/mol. The number of hydrogen-bond donors (Lipinski definition) is 2. The lowest BCUT2D eigenvalue weighted by molar-refractivity contribution is 0.0689. The first kappa shape index (κ1) is 17.6. The summed E-state index contributed by atoms with van der Waals surface area (Å²) in [6.45, 7) is 4.47. The van der Waals surface area contributed by atoms with E-state index in [1.165, 1.54) is 10.6 Å². The molecule has 2 N–H and O–H groups in total. The zero-order valence-corrected chi connectivity index (χ0v) is 15.4. The normalized spacial score (nSPS) is 10.9. The minimum absolute atomic E-state index is 0.0926. The van der Waals surface area contributed by atoms with Crippen molar-refractivity contribution in [3.8, 4) is 11.3 Å². The van der Waals surface area contributed by atoms with Gasteiger partial charge in [0.25, 0.3) is 0 Å². The first-order chi connectivity index (χ1) is 13.5. The number of nitrogens with one attached hydrogen (secondary N) is 1. The predicted molar refractivity (Wildman–Crippen MR) is 104 cm³/mol. The number of imidazole rings is 1. The second-order valence-electron chi connectivity index (χ2n) is 6.47. The van der Waals surface area contributed by atoms with Gasteiger partial charge in [0.05, 0.1) is 11.9 Å². The van der Waals surface area contributed by atoms with Crippen molar-refractivity contribution in [2.75, 3.05) is 5.32 Å². The zero-order valence-electron chi connectivity index (χ0n) is 15.4. The number of fused-ring (bicyclic) bond motifs is 1. The third-order valence-electron chi connectivity index (χ3n) is 4.41. The average Bonchev–Trinajstić information content (AvgIpc) is 3.11. The van der Waals surface area contributed by atoms with Gasteiger partial charge in [0.2, 0.25) is 0 Å². The molecule has 0 spiro atoms. The number of aromatic carboxylic acids is 1. The van der Waals surface area contributed by atoms with Crippen LogP contribution < -0.4 is 5.32 Å². The van der Waals surface area contributed by atoms with Gasteiger partial charge in [0, 0.05) is 42.6 Å². The molecule has 0 aromatic carbocycles. The van der Waals surface area contributed by atoms with Crippen molar-refractivity contribution in [2.45, 2.75) is 20.4 Å². The molecule has 28 heavy (non-hydrogen) atoms. The molecule has 0 aliphatic heterocycles. The van der Waals surface area contributed by atoms with Crippen molar-refractivity contribution in [3.63, 3.8) is 0 Å². The SMILES string of the molecule is Cc1cc(-c2ncc(CNc3nccn4c(C(=O)O)cnc34)cc2C)ccn1. The van der Waals surface area contributed by atoms with E-state index in [9.17, 15) is 9.90 Å². The Bertz CT molecular complexity index is 1180. The van der Waals surface area contributed by atoms with Crippen LogP contribution >= 0.6 is 0 Å². The van der Waals surface area contributed by atoms with Crippen LogP contribution in [0.15, 0.2) is 49.2 Å². The van der Waals surface area contributed by atoms with Gasteiger partial charge < -0.3 is 10.4 Å². The molecule has 8 nitrogen and oxygen atoms in total. The highest BCUT2D eigenvalue weighted by Crippen LogP contribution is 2.22. The number of carboxylic acid groups (broad SMARTS) is 1. The lowest BCUT2D eigenvalue weighted by atomic mass is 10.1. The summed E-state index contributed by atoms with van der Waals surface area (Å²) in [5.74, 6) is -0.520. The molecule has 0 aliphatic rings. The molecule has 0 amide bonds. The molecule has 140 valence electrons. The number of rotatable bonds is 5. The van der Waals surface area contributed by atoms with E-state index in [1.54, 1.807) is 18.6 Å². The number of hydrogen-bond acceptors (Lipinski definition) is 6. The number of anilines is 1. The van der Waals surface area contributed by atoms with Crippen LogP contribution in [0.5, 0.6) is 0 Å². The highest BCUT2D eigenvalue weighted by atomic mass is 16.4. The van der Waals surface area contributed by atoms with Crippen LogP contribution in [0.4, 0.5) is 5.82 Å². The summed E-state index contributed by atoms with van der Waals surface area (Å²) in [7, 11) is 0. The van der Waals surface area contributed by atoms with E-state index >= 15 is 0 Å². The van der Waals surface area contributed by atoms with Gasteiger partial charge in [0.1, 0.15) is 0 Å². The Balaban J connectivity index is 1.57. The third kappa shape index (κ3) is 3.27. The second kappa shape index (κ2) is 7.07. The van der Waals surface area contributed by atoms with E-state index in [2.05, 4.69) is 31.3 Å². The molecule has 0 bridgehead atoms. The predicted octanol–water partition coefficient (Wildman–Crippen LogP) is 3.11. The molecule has 0 fully saturated rings. The molecule has 4 aromatic heterocycles. The van der Waals surface area contributed by atoms with Crippen molar-refractivity contribution in [3.05, 3.63) is 71.7 Å². The molecule has 0 saturated heterocycles. The van der Waals surface area contributed by atoms with Gasteiger partial charge in [-0.3, -0.25) is 14.4 Å². The summed E-state index contributed by atoms with van der Waals surface area (Å²) in [5, 5.41) is 12.4. The van der Waals surface area contributed by atoms with Crippen LogP contribution in [0.1, 0.15) is 27.3 Å². The summed E-state index contributed by atoms with van der Waals surface area (Å²) < 4.78 is 1.50. The average molecular weight is 374 g/mol. The maximum Gasteiger partial charge on any atom is 0.354 e. The zero-order chi connectivity index (χ0) is 19.7. The maximum atomic E-state index is 11.3. The smallest absolute Gasteiger partial charge is 0.354 e. The summed E-state index contributed by atoms with van der Waals surface area (Å²) in [5.41, 5.74) is 5.52. The van der Waals surface area contributed by atoms with E-state index in [4.69, 9.17) is 0 Å². The first-order valence-corrected chi connectivity index (χ1v) is 8.70. The van der Waals surface area contributed by atoms with E-state index in [0.29, 0.717) is 18.0 Å². The Kier molecular flexibility index (Phi) is 4.44. The van der Waals surface area contributed by atoms with Crippen LogP contribution in [0.3, 0.4) is 0 Å². The number of carbonyl (C=O) groups is 1. The molecule has 4 aromatic rings. The molecule has 0 radical (unpaired) electrons. The minimum Gasteiger partial charge on any atom is -0.477 e. The lowest BCUT2D eigenvalue weighted by Gasteiger charge is -2.10. The van der Waals surface area contributed by atoms with Crippen LogP contribution in [-0.2, 0) is 6.54 Å². The Morgan fingerprint density at radius 3 is 2.71 bits per heavy atom. The highest BCUT2D eigenvalue weighted by molar-refractivity contribution is 5.87. The van der Waals surface area contributed by atoms with Crippen LogP contribution in [0.2, 0.25) is 0 Å². The van der Waals surface area contributed by atoms with Crippen molar-refractivity contribution >= 4 is 17.4 Å². The van der Waals surface area contributed by atoms with E-state index in [0.717, 1.165) is 28.1 Å². The van der Waals surface area contributed by atoms with Gasteiger partial charge >= 0.3 is 5.97 Å². The number of pyridine rings is 2. The fraction of sp³-hybridized carbons (Fsp3) is 0.150. The molecule has 0 unspecified atom stereocenters. The van der Waals surface area contributed by atoms with Crippen molar-refractivity contribution < 1.29 is 9.90 Å². The summed E-state index contributed by atoms with van der Waals surface area (Å²) in [6, 6.07) is 6.03. The van der Waals surface area contributed by atoms with Crippen LogP contribution in [0, 0.1) is 13.8 Å². The molecule has 0 atom stereocenters. The van der Waals surface area contributed by atoms with E-state index in [1.807, 2.05) is 32.2 Å². The van der Waals surface area contributed by atoms with E-state index in [-0.39, 0.29) is 5.69 Å². The number of aromatic nitrogens is 5. The topological polar surface area (TPSA) is 105 Å². The number of carboxylic acids is 1. The summed E-state index contributed by atoms with van der Waals surface area (Å²) in [6.07, 6.45) is 8.04. The third-order valence-corrected chi connectivity index (χ3v) is 4.41. The van der Waals surface area contributed by atoms with Crippen molar-refractivity contribution in [1.29, 1.82) is 0 Å². The fourth-order valence-corrected chi connectivity index (χ4v) is 3.11. The standard InChI is InChI=1S/C20H18N6O2/c1-12-7-14(9-23-17(12)15-3-4-21-13(2)8-15)10-24-18-19-25-11-16(20(27)28)26(19)6-5-22-18/h3-9,11H,10H2,1-2H3,(H,22,24)(H,27,28). The highest BCUT2D eigenvalue weighted by Gasteiger charge is 2.13. The second-order valence-corrected chi connectivity index (χ2v) is 6.47. The Morgan fingerprint density at radius 2 is 1.96 bits per heavy atom. The van der Waals surface area contributed by atoms with Gasteiger partial charge in [-0.25, -0.2) is 14.8 Å². The number of aryl methyl sites for hydroxylation is 2. The molecular formula is C20H18N6O2. The minimum atomic E-state index is -1.04. The molecule has 0 saturated carbocycles. The van der Waals surface area contributed by atoms with Crippen molar-refractivity contribution in [2.24, 2.45) is 0 Å². The van der Waals surface area contributed by atoms with Crippen LogP contribution in [-0.4, -0.2) is 35.4 Å². The Hall–Kier alpha value is -3.81. The molecule has 0 aliphatic carbocycles. The van der Waals surface area contributed by atoms with E-state index < -0.39 is 5.97 Å². The maximum absolute atomic E-state index is 11.3. The largest absolute Gasteiger partial charge is 0.477 e. The molecule has 4 heterocycles. The fourth-order valence-electron chi connectivity index (χ4n) is 3.11. The Morgan fingerprint density at radius 1 is 1.11 bits per heavy atom.